The first kappa shape index (κ1) is 21.1. The van der Waals surface area contributed by atoms with Crippen LogP contribution in [0.2, 0.25) is 0 Å². The van der Waals surface area contributed by atoms with Crippen LogP contribution in [0.4, 0.5) is 0 Å². The standard InChI is InChI=1S/C16H28N2O4S2/c1-5-6-7-11-18(23(4,19)20)12-10-17-24(21,22)16-9-8-14(2)15(3)13-16/h8-9,13,17H,5-7,10-12H2,1-4H3. The van der Waals surface area contributed by atoms with Gasteiger partial charge >= 0.3 is 0 Å². The van der Waals surface area contributed by atoms with E-state index >= 15 is 0 Å². The zero-order chi connectivity index (χ0) is 18.4. The molecule has 8 heteroatoms. The highest BCUT2D eigenvalue weighted by molar-refractivity contribution is 7.89. The number of nitrogens with zero attached hydrogens (tertiary/aromatic N) is 1. The average molecular weight is 377 g/mol. The number of sulfonamides is 2. The van der Waals surface area contributed by atoms with Crippen LogP contribution in [0.15, 0.2) is 23.1 Å². The summed E-state index contributed by atoms with van der Waals surface area (Å²) in [4.78, 5) is 0.197. The Bertz CT molecular complexity index is 743. The lowest BCUT2D eigenvalue weighted by Crippen LogP contribution is -2.38. The van der Waals surface area contributed by atoms with Crippen LogP contribution < -0.4 is 4.72 Å². The summed E-state index contributed by atoms with van der Waals surface area (Å²) in [7, 11) is -6.98. The van der Waals surface area contributed by atoms with Crippen LogP contribution in [-0.4, -0.2) is 47.0 Å². The van der Waals surface area contributed by atoms with E-state index in [0.29, 0.717) is 6.54 Å². The van der Waals surface area contributed by atoms with Gasteiger partial charge in [0.15, 0.2) is 0 Å². The third kappa shape index (κ3) is 6.51. The molecule has 0 amide bonds. The maximum absolute atomic E-state index is 12.3. The molecule has 0 aliphatic carbocycles. The van der Waals surface area contributed by atoms with Gasteiger partial charge in [0.25, 0.3) is 0 Å². The minimum Gasteiger partial charge on any atom is -0.213 e. The second kappa shape index (κ2) is 8.94. The van der Waals surface area contributed by atoms with Gasteiger partial charge < -0.3 is 0 Å². The van der Waals surface area contributed by atoms with E-state index in [1.807, 2.05) is 20.8 Å². The minimum absolute atomic E-state index is 0.0501. The maximum Gasteiger partial charge on any atom is 0.240 e. The molecule has 24 heavy (non-hydrogen) atoms. The molecule has 0 fully saturated rings. The second-order valence-corrected chi connectivity index (χ2v) is 9.76. The summed E-state index contributed by atoms with van der Waals surface area (Å²) in [5, 5.41) is 0. The van der Waals surface area contributed by atoms with Gasteiger partial charge in [0.05, 0.1) is 11.2 Å². The van der Waals surface area contributed by atoms with Crippen LogP contribution in [0, 0.1) is 13.8 Å². The summed E-state index contributed by atoms with van der Waals surface area (Å²) >= 11 is 0. The highest BCUT2D eigenvalue weighted by Crippen LogP contribution is 2.14. The Balaban J connectivity index is 2.70. The summed E-state index contributed by atoms with van der Waals surface area (Å²) in [5.41, 5.74) is 1.92. The Morgan fingerprint density at radius 1 is 1.00 bits per heavy atom. The van der Waals surface area contributed by atoms with Gasteiger partial charge in [-0.25, -0.2) is 25.9 Å². The lowest BCUT2D eigenvalue weighted by molar-refractivity contribution is 0.405. The molecule has 1 aromatic carbocycles. The van der Waals surface area contributed by atoms with Gasteiger partial charge in [0, 0.05) is 19.6 Å². The van der Waals surface area contributed by atoms with Crippen LogP contribution in [0.5, 0.6) is 0 Å². The molecule has 1 rings (SSSR count). The number of rotatable bonds is 10. The number of benzene rings is 1. The van der Waals surface area contributed by atoms with E-state index in [-0.39, 0.29) is 18.0 Å². The van der Waals surface area contributed by atoms with Crippen molar-refractivity contribution in [2.24, 2.45) is 0 Å². The van der Waals surface area contributed by atoms with Gasteiger partial charge in [-0.05, 0) is 43.5 Å². The van der Waals surface area contributed by atoms with Crippen molar-refractivity contribution in [1.82, 2.24) is 9.03 Å². The molecule has 0 atom stereocenters. The van der Waals surface area contributed by atoms with Gasteiger partial charge in [-0.3, -0.25) is 0 Å². The Morgan fingerprint density at radius 2 is 1.67 bits per heavy atom. The molecular formula is C16H28N2O4S2. The van der Waals surface area contributed by atoms with Gasteiger partial charge in [0.2, 0.25) is 20.0 Å². The Morgan fingerprint density at radius 3 is 2.21 bits per heavy atom. The smallest absolute Gasteiger partial charge is 0.213 e. The van der Waals surface area contributed by atoms with Crippen molar-refractivity contribution < 1.29 is 16.8 Å². The van der Waals surface area contributed by atoms with Crippen molar-refractivity contribution in [2.45, 2.75) is 44.9 Å². The largest absolute Gasteiger partial charge is 0.240 e. The molecule has 0 aliphatic rings. The van der Waals surface area contributed by atoms with Crippen LogP contribution >= 0.6 is 0 Å². The van der Waals surface area contributed by atoms with E-state index in [1.54, 1.807) is 18.2 Å². The molecule has 0 spiro atoms. The first-order chi connectivity index (χ1) is 11.1. The van der Waals surface area contributed by atoms with Gasteiger partial charge in [0.1, 0.15) is 0 Å². The number of hydrogen-bond acceptors (Lipinski definition) is 4. The first-order valence-corrected chi connectivity index (χ1v) is 11.4. The second-order valence-electron chi connectivity index (χ2n) is 6.01. The predicted octanol–water partition coefficient (Wildman–Crippen LogP) is 2.03. The van der Waals surface area contributed by atoms with Crippen LogP contribution in [-0.2, 0) is 20.0 Å². The lowest BCUT2D eigenvalue weighted by atomic mass is 10.1. The number of nitrogens with one attached hydrogen (secondary N) is 1. The predicted molar refractivity (Wildman–Crippen MR) is 97.0 cm³/mol. The minimum atomic E-state index is -3.64. The monoisotopic (exact) mass is 376 g/mol. The molecule has 0 heterocycles. The molecule has 0 aliphatic heterocycles. The molecule has 138 valence electrons. The summed E-state index contributed by atoms with van der Waals surface area (Å²) in [6.45, 7) is 6.41. The molecule has 1 aromatic rings. The summed E-state index contributed by atoms with van der Waals surface area (Å²) < 4.78 is 52.0. The van der Waals surface area contributed by atoms with Crippen molar-refractivity contribution in [3.63, 3.8) is 0 Å². The van der Waals surface area contributed by atoms with E-state index in [9.17, 15) is 16.8 Å². The van der Waals surface area contributed by atoms with Gasteiger partial charge in [-0.1, -0.05) is 25.8 Å². The Kier molecular flexibility index (Phi) is 7.85. The van der Waals surface area contributed by atoms with Crippen LogP contribution in [0.3, 0.4) is 0 Å². The van der Waals surface area contributed by atoms with Crippen molar-refractivity contribution in [2.75, 3.05) is 25.9 Å². The highest BCUT2D eigenvalue weighted by atomic mass is 32.2. The van der Waals surface area contributed by atoms with Crippen LogP contribution in [0.1, 0.15) is 37.3 Å². The topological polar surface area (TPSA) is 83.6 Å². The van der Waals surface area contributed by atoms with Crippen molar-refractivity contribution in [3.05, 3.63) is 29.3 Å². The number of aryl methyl sites for hydroxylation is 2. The van der Waals surface area contributed by atoms with E-state index in [4.69, 9.17) is 0 Å². The first-order valence-electron chi connectivity index (χ1n) is 8.10. The molecule has 6 nitrogen and oxygen atoms in total. The third-order valence-electron chi connectivity index (χ3n) is 3.92. The lowest BCUT2D eigenvalue weighted by Gasteiger charge is -2.20. The van der Waals surface area contributed by atoms with Crippen molar-refractivity contribution in [3.8, 4) is 0 Å². The van der Waals surface area contributed by atoms with Gasteiger partial charge in [-0.15, -0.1) is 0 Å². The van der Waals surface area contributed by atoms with Crippen molar-refractivity contribution in [1.29, 1.82) is 0 Å². The fourth-order valence-corrected chi connectivity index (χ4v) is 4.24. The molecule has 0 saturated heterocycles. The third-order valence-corrected chi connectivity index (χ3v) is 6.68. The normalized spacial score (nSPS) is 12.7. The Hall–Kier alpha value is -0.960. The zero-order valence-electron chi connectivity index (χ0n) is 14.9. The summed E-state index contributed by atoms with van der Waals surface area (Å²) in [6.07, 6.45) is 3.86. The molecule has 0 aromatic heterocycles. The number of unbranched alkanes of at least 4 members (excludes halogenated alkanes) is 2. The fourth-order valence-electron chi connectivity index (χ4n) is 2.25. The van der Waals surface area contributed by atoms with E-state index in [1.165, 1.54) is 4.31 Å². The molecule has 0 saturated carbocycles. The fraction of sp³-hybridized carbons (Fsp3) is 0.625. The molecule has 1 N–H and O–H groups in total. The molecule has 0 bridgehead atoms. The van der Waals surface area contributed by atoms with Crippen molar-refractivity contribution >= 4 is 20.0 Å². The molecule has 0 unspecified atom stereocenters. The molecular weight excluding hydrogens is 348 g/mol. The highest BCUT2D eigenvalue weighted by Gasteiger charge is 2.18. The molecule has 0 radical (unpaired) electrons. The quantitative estimate of drug-likeness (QED) is 0.633. The zero-order valence-corrected chi connectivity index (χ0v) is 16.5. The SMILES string of the molecule is CCCCCN(CCNS(=O)(=O)c1ccc(C)c(C)c1)S(C)(=O)=O. The van der Waals surface area contributed by atoms with E-state index in [0.717, 1.165) is 36.6 Å². The van der Waals surface area contributed by atoms with E-state index < -0.39 is 20.0 Å². The summed E-state index contributed by atoms with van der Waals surface area (Å²) in [5.74, 6) is 0. The summed E-state index contributed by atoms with van der Waals surface area (Å²) in [6, 6.07) is 4.94. The Labute approximate surface area is 146 Å². The van der Waals surface area contributed by atoms with Gasteiger partial charge in [-0.2, -0.15) is 0 Å². The van der Waals surface area contributed by atoms with Crippen LogP contribution in [0.25, 0.3) is 0 Å². The van der Waals surface area contributed by atoms with E-state index in [2.05, 4.69) is 4.72 Å². The maximum atomic E-state index is 12.3. The number of hydrogen-bond donors (Lipinski definition) is 1. The average Bonchev–Trinajstić information content (AvgIpc) is 2.47.